The van der Waals surface area contributed by atoms with E-state index in [1.807, 2.05) is 11.1 Å². The van der Waals surface area contributed by atoms with Crippen LogP contribution < -0.4 is 4.90 Å². The molecule has 0 bridgehead atoms. The van der Waals surface area contributed by atoms with Crippen LogP contribution in [-0.4, -0.2) is 27.6 Å². The minimum absolute atomic E-state index is 0.396. The molecule has 1 saturated heterocycles. The van der Waals surface area contributed by atoms with E-state index in [1.165, 1.54) is 6.07 Å². The Balaban J connectivity index is 1.62. The summed E-state index contributed by atoms with van der Waals surface area (Å²) in [5, 5.41) is 0. The van der Waals surface area contributed by atoms with Crippen molar-refractivity contribution in [1.29, 1.82) is 0 Å². The average molecular weight is 310 g/mol. The molecule has 1 aliphatic heterocycles. The molecule has 1 fully saturated rings. The molecule has 3 heterocycles. The third-order valence-electron chi connectivity index (χ3n) is 3.88. The van der Waals surface area contributed by atoms with Crippen molar-refractivity contribution in [3.8, 4) is 0 Å². The van der Waals surface area contributed by atoms with Crippen molar-refractivity contribution in [2.45, 2.75) is 26.1 Å². The van der Waals surface area contributed by atoms with Gasteiger partial charge >= 0.3 is 6.18 Å². The number of rotatable bonds is 4. The molecule has 7 heteroatoms. The summed E-state index contributed by atoms with van der Waals surface area (Å²) in [6.07, 6.45) is 0.208. The zero-order chi connectivity index (χ0) is 15.7. The predicted molar refractivity (Wildman–Crippen MR) is 76.5 cm³/mol. The maximum absolute atomic E-state index is 12.7. The minimum atomic E-state index is -4.40. The summed E-state index contributed by atoms with van der Waals surface area (Å²) in [6, 6.07) is 4.03. The normalized spacial score (nSPS) is 15.9. The quantitative estimate of drug-likeness (QED) is 0.870. The van der Waals surface area contributed by atoms with Gasteiger partial charge in [-0.05, 0) is 12.1 Å². The van der Waals surface area contributed by atoms with Crippen molar-refractivity contribution in [2.24, 2.45) is 5.92 Å². The van der Waals surface area contributed by atoms with Gasteiger partial charge in [0, 0.05) is 44.4 Å². The van der Waals surface area contributed by atoms with E-state index in [0.717, 1.165) is 37.9 Å². The van der Waals surface area contributed by atoms with Gasteiger partial charge in [-0.1, -0.05) is 13.0 Å². The van der Waals surface area contributed by atoms with Crippen molar-refractivity contribution < 1.29 is 13.2 Å². The molecular weight excluding hydrogens is 293 g/mol. The predicted octanol–water partition coefficient (Wildman–Crippen LogP) is 3.00. The number of nitrogens with zero attached hydrogens (tertiary/aromatic N) is 4. The minimum Gasteiger partial charge on any atom is -0.356 e. The van der Waals surface area contributed by atoms with E-state index in [1.54, 1.807) is 12.3 Å². The summed E-state index contributed by atoms with van der Waals surface area (Å²) < 4.78 is 40.1. The highest BCUT2D eigenvalue weighted by Gasteiger charge is 2.34. The van der Waals surface area contributed by atoms with Gasteiger partial charge in [-0.2, -0.15) is 13.2 Å². The van der Waals surface area contributed by atoms with E-state index in [9.17, 15) is 13.2 Å². The zero-order valence-corrected chi connectivity index (χ0v) is 12.2. The average Bonchev–Trinajstić information content (AvgIpc) is 2.88. The van der Waals surface area contributed by atoms with Gasteiger partial charge in [0.2, 0.25) is 0 Å². The van der Waals surface area contributed by atoms with Crippen LogP contribution in [0.15, 0.2) is 30.6 Å². The molecule has 2 aromatic heterocycles. The van der Waals surface area contributed by atoms with Crippen LogP contribution >= 0.6 is 0 Å². The lowest BCUT2D eigenvalue weighted by atomic mass is 10.00. The highest BCUT2D eigenvalue weighted by Crippen LogP contribution is 2.31. The lowest BCUT2D eigenvalue weighted by molar-refractivity contribution is -0.141. The Morgan fingerprint density at radius 3 is 2.73 bits per heavy atom. The molecule has 0 radical (unpaired) electrons. The first-order valence-corrected chi connectivity index (χ1v) is 7.26. The van der Waals surface area contributed by atoms with Crippen LogP contribution in [0.3, 0.4) is 0 Å². The van der Waals surface area contributed by atoms with Crippen LogP contribution in [0.4, 0.5) is 19.0 Å². The first-order valence-electron chi connectivity index (χ1n) is 7.26. The van der Waals surface area contributed by atoms with Crippen molar-refractivity contribution in [1.82, 2.24) is 14.5 Å². The first kappa shape index (κ1) is 14.9. The van der Waals surface area contributed by atoms with Crippen molar-refractivity contribution in [3.05, 3.63) is 42.1 Å². The monoisotopic (exact) mass is 310 g/mol. The fraction of sp³-hybridized carbons (Fsp3) is 0.467. The molecule has 0 saturated carbocycles. The Bertz CT molecular complexity index is 644. The molecule has 4 nitrogen and oxygen atoms in total. The SMILES string of the molecule is CCc1nccn1CC1CN(c2cccc(C(F)(F)F)n2)C1. The number of aromatic nitrogens is 3. The Morgan fingerprint density at radius 2 is 2.05 bits per heavy atom. The first-order chi connectivity index (χ1) is 10.5. The smallest absolute Gasteiger partial charge is 0.356 e. The van der Waals surface area contributed by atoms with Crippen LogP contribution in [0, 0.1) is 5.92 Å². The van der Waals surface area contributed by atoms with Gasteiger partial charge in [-0.25, -0.2) is 9.97 Å². The number of imidazole rings is 1. The van der Waals surface area contributed by atoms with E-state index in [4.69, 9.17) is 0 Å². The Labute approximate surface area is 126 Å². The van der Waals surface area contributed by atoms with Gasteiger partial charge in [0.15, 0.2) is 0 Å². The highest BCUT2D eigenvalue weighted by molar-refractivity contribution is 5.42. The van der Waals surface area contributed by atoms with Crippen molar-refractivity contribution >= 4 is 5.82 Å². The molecule has 3 rings (SSSR count). The summed E-state index contributed by atoms with van der Waals surface area (Å²) in [5.74, 6) is 1.85. The number of alkyl halides is 3. The van der Waals surface area contributed by atoms with Gasteiger partial charge in [0.25, 0.3) is 0 Å². The summed E-state index contributed by atoms with van der Waals surface area (Å²) in [4.78, 5) is 9.86. The second-order valence-corrected chi connectivity index (χ2v) is 5.50. The molecule has 1 aliphatic rings. The molecule has 22 heavy (non-hydrogen) atoms. The largest absolute Gasteiger partial charge is 0.433 e. The number of hydrogen-bond acceptors (Lipinski definition) is 3. The number of halogens is 3. The molecular formula is C15H17F3N4. The summed E-state index contributed by atoms with van der Waals surface area (Å²) in [6.45, 7) is 4.34. The lowest BCUT2D eigenvalue weighted by Gasteiger charge is -2.40. The van der Waals surface area contributed by atoms with Crippen LogP contribution in [0.2, 0.25) is 0 Å². The molecule has 0 aromatic carbocycles. The topological polar surface area (TPSA) is 34.0 Å². The van der Waals surface area contributed by atoms with E-state index >= 15 is 0 Å². The van der Waals surface area contributed by atoms with Gasteiger partial charge in [-0.15, -0.1) is 0 Å². The Hall–Kier alpha value is -2.05. The molecule has 0 aliphatic carbocycles. The Kier molecular flexibility index (Phi) is 3.80. The molecule has 0 atom stereocenters. The van der Waals surface area contributed by atoms with E-state index in [-0.39, 0.29) is 0 Å². The van der Waals surface area contributed by atoms with Gasteiger partial charge in [0.1, 0.15) is 17.3 Å². The van der Waals surface area contributed by atoms with Crippen LogP contribution in [0.5, 0.6) is 0 Å². The number of aryl methyl sites for hydroxylation is 1. The van der Waals surface area contributed by atoms with Crippen LogP contribution in [0.1, 0.15) is 18.4 Å². The summed E-state index contributed by atoms with van der Waals surface area (Å²) in [7, 11) is 0. The fourth-order valence-electron chi connectivity index (χ4n) is 2.73. The second-order valence-electron chi connectivity index (χ2n) is 5.50. The number of hydrogen-bond donors (Lipinski definition) is 0. The molecule has 118 valence electrons. The van der Waals surface area contributed by atoms with E-state index < -0.39 is 11.9 Å². The Morgan fingerprint density at radius 1 is 1.27 bits per heavy atom. The van der Waals surface area contributed by atoms with Crippen molar-refractivity contribution in [2.75, 3.05) is 18.0 Å². The molecule has 2 aromatic rings. The van der Waals surface area contributed by atoms with E-state index in [0.29, 0.717) is 11.7 Å². The third-order valence-corrected chi connectivity index (χ3v) is 3.88. The van der Waals surface area contributed by atoms with Gasteiger partial charge in [-0.3, -0.25) is 0 Å². The number of anilines is 1. The molecule has 0 amide bonds. The van der Waals surface area contributed by atoms with E-state index in [2.05, 4.69) is 21.5 Å². The van der Waals surface area contributed by atoms with Gasteiger partial charge < -0.3 is 9.47 Å². The number of pyridine rings is 1. The molecule has 0 unspecified atom stereocenters. The maximum atomic E-state index is 12.7. The highest BCUT2D eigenvalue weighted by atomic mass is 19.4. The lowest BCUT2D eigenvalue weighted by Crippen LogP contribution is -2.49. The maximum Gasteiger partial charge on any atom is 0.433 e. The second kappa shape index (κ2) is 5.62. The summed E-state index contributed by atoms with van der Waals surface area (Å²) >= 11 is 0. The standard InChI is InChI=1S/C15H17F3N4/c1-2-13-19-6-7-21(13)8-11-9-22(10-11)14-5-3-4-12(20-14)15(16,17)18/h3-7,11H,2,8-10H2,1H3. The molecule has 0 N–H and O–H groups in total. The zero-order valence-electron chi connectivity index (χ0n) is 12.2. The van der Waals surface area contributed by atoms with Crippen molar-refractivity contribution in [3.63, 3.8) is 0 Å². The van der Waals surface area contributed by atoms with Crippen LogP contribution in [0.25, 0.3) is 0 Å². The summed E-state index contributed by atoms with van der Waals surface area (Å²) in [5.41, 5.74) is -0.837. The molecule has 0 spiro atoms. The van der Waals surface area contributed by atoms with Gasteiger partial charge in [0.05, 0.1) is 0 Å². The van der Waals surface area contributed by atoms with Crippen LogP contribution in [-0.2, 0) is 19.1 Å². The third kappa shape index (κ3) is 2.93. The fourth-order valence-corrected chi connectivity index (χ4v) is 2.73.